The number of nitrogens with two attached hydrogens (primary N) is 2. The fourth-order valence-corrected chi connectivity index (χ4v) is 4.42. The zero-order valence-electron chi connectivity index (χ0n) is 21.2. The van der Waals surface area contributed by atoms with Gasteiger partial charge >= 0.3 is 0 Å². The molecule has 9 nitrogen and oxygen atoms in total. The number of anilines is 3. The van der Waals surface area contributed by atoms with Crippen LogP contribution in [0.3, 0.4) is 0 Å². The minimum atomic E-state index is -1.13. The molecule has 37 heavy (non-hydrogen) atoms. The molecule has 3 aromatic rings. The highest BCUT2D eigenvalue weighted by Crippen LogP contribution is 2.33. The molecule has 1 atom stereocenters. The molecule has 196 valence electrons. The number of carbonyl (C=O) groups excluding carboxylic acids is 3. The number of hydrogen-bond donors (Lipinski definition) is 3. The van der Waals surface area contributed by atoms with Gasteiger partial charge in [-0.15, -0.1) is 0 Å². The summed E-state index contributed by atoms with van der Waals surface area (Å²) in [5.74, 6) is -2.11. The summed E-state index contributed by atoms with van der Waals surface area (Å²) in [6.45, 7) is 4.49. The van der Waals surface area contributed by atoms with Crippen molar-refractivity contribution in [2.75, 3.05) is 36.2 Å². The summed E-state index contributed by atoms with van der Waals surface area (Å²) >= 11 is 0.712. The largest absolute Gasteiger partial charge is 0.395 e. The van der Waals surface area contributed by atoms with Crippen molar-refractivity contribution in [1.29, 1.82) is 0 Å². The highest BCUT2D eigenvalue weighted by atomic mass is 32.1. The number of rotatable bonds is 10. The molecule has 1 heterocycles. The van der Waals surface area contributed by atoms with Gasteiger partial charge in [-0.25, -0.2) is 4.39 Å². The molecule has 0 fully saturated rings. The number of primary amides is 1. The number of benzene rings is 2. The first-order valence-electron chi connectivity index (χ1n) is 11.7. The summed E-state index contributed by atoms with van der Waals surface area (Å²) in [6, 6.07) is 11.3. The normalized spacial score (nSPS) is 11.7. The number of nitrogen functional groups attached to an aromatic ring is 1. The molecule has 3 amide bonds. The predicted molar refractivity (Wildman–Crippen MR) is 144 cm³/mol. The van der Waals surface area contributed by atoms with E-state index in [1.807, 2.05) is 45.0 Å². The van der Waals surface area contributed by atoms with Crippen molar-refractivity contribution in [1.82, 2.24) is 9.69 Å². The Kier molecular flexibility index (Phi) is 8.82. The third-order valence-corrected chi connectivity index (χ3v) is 6.58. The van der Waals surface area contributed by atoms with Gasteiger partial charge in [0.15, 0.2) is 5.69 Å². The summed E-state index contributed by atoms with van der Waals surface area (Å²) in [5.41, 5.74) is 12.7. The second kappa shape index (κ2) is 11.8. The maximum absolute atomic E-state index is 13.9. The van der Waals surface area contributed by atoms with Gasteiger partial charge in [-0.05, 0) is 65.8 Å². The molecule has 0 aliphatic carbocycles. The molecule has 0 aliphatic heterocycles. The highest BCUT2D eigenvalue weighted by molar-refractivity contribution is 7.09. The van der Waals surface area contributed by atoms with Crippen LogP contribution in [0.5, 0.6) is 0 Å². The van der Waals surface area contributed by atoms with Gasteiger partial charge < -0.3 is 21.7 Å². The maximum atomic E-state index is 13.9. The third kappa shape index (κ3) is 6.42. The van der Waals surface area contributed by atoms with Crippen LogP contribution in [-0.2, 0) is 4.79 Å². The zero-order valence-corrected chi connectivity index (χ0v) is 22.0. The molecular formula is C26H31FN6O3S. The average Bonchev–Trinajstić information content (AvgIpc) is 3.24. The fourth-order valence-electron chi connectivity index (χ4n) is 3.68. The van der Waals surface area contributed by atoms with E-state index in [1.165, 1.54) is 29.2 Å². The number of nitrogens with one attached hydrogen (secondary N) is 1. The van der Waals surface area contributed by atoms with E-state index in [9.17, 15) is 18.8 Å². The van der Waals surface area contributed by atoms with E-state index in [4.69, 9.17) is 11.5 Å². The molecule has 5 N–H and O–H groups in total. The predicted octanol–water partition coefficient (Wildman–Crippen LogP) is 3.58. The van der Waals surface area contributed by atoms with Crippen LogP contribution in [0, 0.1) is 11.7 Å². The molecule has 0 saturated heterocycles. The van der Waals surface area contributed by atoms with Crippen molar-refractivity contribution in [3.05, 3.63) is 70.5 Å². The second-order valence-corrected chi connectivity index (χ2v) is 9.93. The number of amides is 3. The van der Waals surface area contributed by atoms with Crippen LogP contribution in [0.25, 0.3) is 0 Å². The Bertz CT molecular complexity index is 1260. The van der Waals surface area contributed by atoms with E-state index in [0.717, 1.165) is 12.1 Å². The van der Waals surface area contributed by atoms with Gasteiger partial charge in [0.05, 0.1) is 5.69 Å². The first kappa shape index (κ1) is 27.6. The lowest BCUT2D eigenvalue weighted by Crippen LogP contribution is -2.44. The third-order valence-electron chi connectivity index (χ3n) is 5.73. The first-order chi connectivity index (χ1) is 17.5. The van der Waals surface area contributed by atoms with Crippen LogP contribution < -0.4 is 26.6 Å². The van der Waals surface area contributed by atoms with Crippen molar-refractivity contribution >= 4 is 46.3 Å². The minimum absolute atomic E-state index is 0.0528. The molecule has 0 aliphatic rings. The van der Waals surface area contributed by atoms with Crippen molar-refractivity contribution in [3.8, 4) is 0 Å². The molecular weight excluding hydrogens is 495 g/mol. The van der Waals surface area contributed by atoms with Crippen LogP contribution in [0.2, 0.25) is 0 Å². The van der Waals surface area contributed by atoms with Crippen LogP contribution in [0.15, 0.2) is 48.5 Å². The topological polar surface area (TPSA) is 135 Å². The molecule has 0 radical (unpaired) electrons. The lowest BCUT2D eigenvalue weighted by molar-refractivity contribution is -0.122. The maximum Gasteiger partial charge on any atom is 0.273 e. The zero-order chi connectivity index (χ0) is 27.3. The van der Waals surface area contributed by atoms with Crippen molar-refractivity contribution in [2.45, 2.75) is 26.3 Å². The quantitative estimate of drug-likeness (QED) is 0.370. The summed E-state index contributed by atoms with van der Waals surface area (Å²) in [6.07, 6.45) is 0.742. The number of aromatic nitrogens is 1. The molecule has 2 aromatic carbocycles. The molecule has 11 heteroatoms. The molecule has 0 unspecified atom stereocenters. The van der Waals surface area contributed by atoms with E-state index in [0.29, 0.717) is 29.6 Å². The van der Waals surface area contributed by atoms with Gasteiger partial charge in [0.25, 0.3) is 11.8 Å². The van der Waals surface area contributed by atoms with Crippen LogP contribution in [-0.4, -0.2) is 42.7 Å². The molecule has 0 bridgehead atoms. The van der Waals surface area contributed by atoms with Crippen LogP contribution in [0.1, 0.15) is 52.0 Å². The number of carbonyl (C=O) groups is 3. The molecule has 0 saturated carbocycles. The first-order valence-corrected chi connectivity index (χ1v) is 12.5. The number of nitrogens with zero attached hydrogens (tertiary/aromatic N) is 3. The van der Waals surface area contributed by atoms with Gasteiger partial charge in [0, 0.05) is 32.0 Å². The minimum Gasteiger partial charge on any atom is -0.395 e. The van der Waals surface area contributed by atoms with Gasteiger partial charge in [0.1, 0.15) is 16.7 Å². The van der Waals surface area contributed by atoms with Crippen molar-refractivity contribution < 1.29 is 18.8 Å². The Hall–Kier alpha value is -3.99. The number of halogens is 1. The van der Waals surface area contributed by atoms with E-state index in [2.05, 4.69) is 9.69 Å². The van der Waals surface area contributed by atoms with Gasteiger partial charge in [-0.3, -0.25) is 19.3 Å². The monoisotopic (exact) mass is 526 g/mol. The Balaban J connectivity index is 2.16. The van der Waals surface area contributed by atoms with Gasteiger partial charge in [-0.1, -0.05) is 26.0 Å². The second-order valence-electron chi connectivity index (χ2n) is 9.15. The van der Waals surface area contributed by atoms with Gasteiger partial charge in [-0.2, -0.15) is 4.37 Å². The smallest absolute Gasteiger partial charge is 0.273 e. The Labute approximate surface area is 219 Å². The highest BCUT2D eigenvalue weighted by Gasteiger charge is 2.36. The van der Waals surface area contributed by atoms with E-state index in [-0.39, 0.29) is 21.9 Å². The van der Waals surface area contributed by atoms with Gasteiger partial charge in [0.2, 0.25) is 5.91 Å². The lowest BCUT2D eigenvalue weighted by atomic mass is 10.0. The number of hydrogen-bond acceptors (Lipinski definition) is 7. The summed E-state index contributed by atoms with van der Waals surface area (Å²) in [5, 5.41) is 2.92. The molecule has 1 aromatic heterocycles. The SMILES string of the molecule is CC(C)CCNC(=O)[C@@H](c1ccc(N(C)C)cc1)N(C(=O)c1snc(C(N)=O)c1N)c1ccc(F)cc1. The Morgan fingerprint density at radius 1 is 1.03 bits per heavy atom. The van der Waals surface area contributed by atoms with Crippen molar-refractivity contribution in [3.63, 3.8) is 0 Å². The fraction of sp³-hybridized carbons (Fsp3) is 0.308. The Morgan fingerprint density at radius 3 is 2.14 bits per heavy atom. The average molecular weight is 527 g/mol. The summed E-state index contributed by atoms with van der Waals surface area (Å²) in [7, 11) is 3.78. The van der Waals surface area contributed by atoms with Crippen LogP contribution >= 0.6 is 11.5 Å². The van der Waals surface area contributed by atoms with E-state index in [1.54, 1.807) is 12.1 Å². The summed E-state index contributed by atoms with van der Waals surface area (Å²) < 4.78 is 17.7. The molecule has 0 spiro atoms. The standard InChI is InChI=1S/C26H31FN6O3S/c1-15(2)13-14-30-25(35)22(16-5-9-18(10-6-16)32(3)4)33(19-11-7-17(27)8-12-19)26(36)23-20(28)21(24(29)34)31-37-23/h5-12,15,22H,13-14,28H2,1-4H3,(H2,29,34)(H,30,35)/t22-/m1/s1. The van der Waals surface area contributed by atoms with E-state index < -0.39 is 29.6 Å². The molecule has 3 rings (SSSR count). The summed E-state index contributed by atoms with van der Waals surface area (Å²) in [4.78, 5) is 42.4. The van der Waals surface area contributed by atoms with Crippen molar-refractivity contribution in [2.24, 2.45) is 11.7 Å². The Morgan fingerprint density at radius 2 is 1.62 bits per heavy atom. The lowest BCUT2D eigenvalue weighted by Gasteiger charge is -2.31. The van der Waals surface area contributed by atoms with E-state index >= 15 is 0 Å². The van der Waals surface area contributed by atoms with Crippen LogP contribution in [0.4, 0.5) is 21.5 Å².